The number of carboxylic acids is 1. The summed E-state index contributed by atoms with van der Waals surface area (Å²) in [4.78, 5) is 37.6. The zero-order valence-electron chi connectivity index (χ0n) is 56.1. The average molecular weight is 1210 g/mol. The molecule has 0 heterocycles. The van der Waals surface area contributed by atoms with Crippen molar-refractivity contribution in [1.29, 1.82) is 0 Å². The highest BCUT2D eigenvalue weighted by Crippen LogP contribution is 2.16. The van der Waals surface area contributed by atoms with E-state index in [9.17, 15) is 19.5 Å². The largest absolute Gasteiger partial charge is 0.477 e. The number of carbonyl (C=O) groups is 3. The molecule has 0 spiro atoms. The third-order valence-electron chi connectivity index (χ3n) is 14.3. The number of carbonyl (C=O) groups excluding carboxylic acids is 2. The van der Waals surface area contributed by atoms with Crippen molar-refractivity contribution < 1.29 is 42.9 Å². The highest BCUT2D eigenvalue weighted by atomic mass is 16.7. The predicted octanol–water partition coefficient (Wildman–Crippen LogP) is 21.7. The number of allylic oxidation sites excluding steroid dienone is 26. The minimum absolute atomic E-state index is 0.174. The van der Waals surface area contributed by atoms with E-state index in [1.807, 2.05) is 21.1 Å². The third-order valence-corrected chi connectivity index (χ3v) is 14.3. The summed E-state index contributed by atoms with van der Waals surface area (Å²) in [6, 6.07) is 0. The lowest BCUT2D eigenvalue weighted by atomic mass is 10.0. The van der Waals surface area contributed by atoms with Crippen LogP contribution in [0.25, 0.3) is 0 Å². The summed E-state index contributed by atoms with van der Waals surface area (Å²) in [5.74, 6) is -2.07. The highest BCUT2D eigenvalue weighted by molar-refractivity contribution is 5.71. The molecule has 0 saturated heterocycles. The smallest absolute Gasteiger partial charge is 0.361 e. The molecule has 0 aliphatic heterocycles. The maximum absolute atomic E-state index is 12.9. The Hall–Kier alpha value is -5.09. The van der Waals surface area contributed by atoms with Crippen LogP contribution >= 0.6 is 0 Å². The van der Waals surface area contributed by atoms with Crippen LogP contribution in [-0.4, -0.2) is 87.4 Å². The predicted molar refractivity (Wildman–Crippen MR) is 373 cm³/mol. The van der Waals surface area contributed by atoms with Crippen molar-refractivity contribution in [2.75, 3.05) is 47.5 Å². The summed E-state index contributed by atoms with van der Waals surface area (Å²) in [7, 11) is 5.95. The standard InChI is InChI=1S/C78H127NO8/c1-6-8-10-12-14-16-18-20-22-24-26-28-29-30-31-32-33-34-35-36-37-38-39-40-41-42-43-44-45-46-47-49-51-53-55-57-59-61-63-65-67-69-76(81)87-74(73-86-78(77(82)83)84-71-70-79(3,4)5)72-85-75(80)68-66-64-62-60-58-56-54-52-50-48-27-25-23-21-19-17-15-13-11-9-7-2/h8-11,14-17,20-23,26-28,30-31,33-34,36-37,48,52,54,58,60,74,78H,6-7,12-13,18-19,24-25,29,32,35,38-47,49-51,53,55-57,59,61-73H2,1-5H3/p+1/b10-8-,11-9-,16-14-,17-15-,22-20-,23-21-,28-26-,31-30-,34-33-,37-36-,48-27-,54-52-,60-58-. The zero-order valence-corrected chi connectivity index (χ0v) is 56.1. The Morgan fingerprint density at radius 1 is 0.345 bits per heavy atom. The van der Waals surface area contributed by atoms with Crippen molar-refractivity contribution in [3.05, 3.63) is 158 Å². The van der Waals surface area contributed by atoms with Crippen LogP contribution in [0.2, 0.25) is 0 Å². The van der Waals surface area contributed by atoms with Gasteiger partial charge in [0.25, 0.3) is 6.29 Å². The second-order valence-corrected chi connectivity index (χ2v) is 23.7. The van der Waals surface area contributed by atoms with Crippen molar-refractivity contribution >= 4 is 17.9 Å². The van der Waals surface area contributed by atoms with Crippen LogP contribution in [0.1, 0.15) is 258 Å². The molecule has 492 valence electrons. The maximum atomic E-state index is 12.9. The number of quaternary nitrogens is 1. The minimum atomic E-state index is -1.53. The zero-order chi connectivity index (χ0) is 63.3. The van der Waals surface area contributed by atoms with Crippen LogP contribution in [0.15, 0.2) is 158 Å². The van der Waals surface area contributed by atoms with Gasteiger partial charge in [-0.2, -0.15) is 0 Å². The molecular formula is C78H128NO8+. The summed E-state index contributed by atoms with van der Waals surface area (Å²) in [5, 5.41) is 9.73. The van der Waals surface area contributed by atoms with Gasteiger partial charge < -0.3 is 28.5 Å². The fourth-order valence-electron chi connectivity index (χ4n) is 9.06. The molecular weight excluding hydrogens is 1080 g/mol. The molecule has 0 radical (unpaired) electrons. The number of rotatable bonds is 62. The van der Waals surface area contributed by atoms with Gasteiger partial charge in [-0.15, -0.1) is 0 Å². The molecule has 0 bridgehead atoms. The fraction of sp³-hybridized carbons (Fsp3) is 0.628. The summed E-state index contributed by atoms with van der Waals surface area (Å²) < 4.78 is 22.9. The Labute approximate surface area is 534 Å². The Morgan fingerprint density at radius 3 is 0.943 bits per heavy atom. The maximum Gasteiger partial charge on any atom is 0.361 e. The lowest BCUT2D eigenvalue weighted by Crippen LogP contribution is -2.40. The molecule has 0 aliphatic carbocycles. The molecule has 1 N–H and O–H groups in total. The van der Waals surface area contributed by atoms with E-state index in [4.69, 9.17) is 18.9 Å². The number of unbranched alkanes of at least 4 members (excludes halogenated alkanes) is 21. The molecule has 2 unspecified atom stereocenters. The second kappa shape index (κ2) is 66.9. The first-order valence-electron chi connectivity index (χ1n) is 34.6. The average Bonchev–Trinajstić information content (AvgIpc) is 3.59. The summed E-state index contributed by atoms with van der Waals surface area (Å²) in [6.07, 6.45) is 96.5. The van der Waals surface area contributed by atoms with Gasteiger partial charge in [0.1, 0.15) is 13.2 Å². The Morgan fingerprint density at radius 2 is 0.621 bits per heavy atom. The van der Waals surface area contributed by atoms with Crippen LogP contribution in [0.3, 0.4) is 0 Å². The number of hydrogen-bond donors (Lipinski definition) is 1. The fourth-order valence-corrected chi connectivity index (χ4v) is 9.06. The SMILES string of the molecule is CC/C=C\C/C=C\C/C=C\C/C=C\C/C=C\C/C=C\C/C=C\CCCCCCCCCCCCCCCCCCCCCC(=O)OC(COC(=O)CCCC/C=C\C/C=C\C/C=C\C/C=C\C/C=C\C/C=C\CC)COC(OCC[N+](C)(C)C)C(=O)O. The Balaban J connectivity index is 4.11. The number of likely N-dealkylation sites (N-methyl/N-ethyl adjacent to an activating group) is 1. The van der Waals surface area contributed by atoms with Gasteiger partial charge in [0.05, 0.1) is 34.4 Å². The van der Waals surface area contributed by atoms with E-state index in [1.165, 1.54) is 103 Å². The molecule has 2 atom stereocenters. The molecule has 9 heteroatoms. The van der Waals surface area contributed by atoms with Gasteiger partial charge >= 0.3 is 17.9 Å². The van der Waals surface area contributed by atoms with Gasteiger partial charge in [0.15, 0.2) is 6.10 Å². The van der Waals surface area contributed by atoms with Crippen LogP contribution in [0.4, 0.5) is 0 Å². The van der Waals surface area contributed by atoms with Crippen LogP contribution < -0.4 is 0 Å². The topological polar surface area (TPSA) is 108 Å². The van der Waals surface area contributed by atoms with Gasteiger partial charge in [-0.3, -0.25) is 9.59 Å². The summed E-state index contributed by atoms with van der Waals surface area (Å²) >= 11 is 0. The number of nitrogens with zero attached hydrogens (tertiary/aromatic N) is 1. The van der Waals surface area contributed by atoms with Gasteiger partial charge in [0, 0.05) is 12.8 Å². The van der Waals surface area contributed by atoms with Crippen LogP contribution in [-0.2, 0) is 33.3 Å². The quantitative estimate of drug-likeness (QED) is 0.0211. The van der Waals surface area contributed by atoms with E-state index in [0.29, 0.717) is 23.9 Å². The minimum Gasteiger partial charge on any atom is -0.477 e. The number of aliphatic carboxylic acids is 1. The van der Waals surface area contributed by atoms with Crippen LogP contribution in [0.5, 0.6) is 0 Å². The summed E-state index contributed by atoms with van der Waals surface area (Å²) in [5.41, 5.74) is 0. The van der Waals surface area contributed by atoms with Crippen LogP contribution in [0, 0.1) is 0 Å². The highest BCUT2D eigenvalue weighted by Gasteiger charge is 2.25. The van der Waals surface area contributed by atoms with Gasteiger partial charge in [-0.05, 0) is 122 Å². The normalized spacial score (nSPS) is 13.7. The van der Waals surface area contributed by atoms with E-state index in [1.54, 1.807) is 0 Å². The van der Waals surface area contributed by atoms with Gasteiger partial charge in [-0.1, -0.05) is 281 Å². The van der Waals surface area contributed by atoms with Crippen molar-refractivity contribution in [2.45, 2.75) is 270 Å². The van der Waals surface area contributed by atoms with E-state index < -0.39 is 24.3 Å². The van der Waals surface area contributed by atoms with Gasteiger partial charge in [0.2, 0.25) is 0 Å². The number of hydrogen-bond acceptors (Lipinski definition) is 7. The molecule has 0 aromatic carbocycles. The molecule has 9 nitrogen and oxygen atoms in total. The number of ether oxygens (including phenoxy) is 4. The lowest BCUT2D eigenvalue weighted by molar-refractivity contribution is -0.870. The molecule has 0 fully saturated rings. The Bertz CT molecular complexity index is 1990. The second-order valence-electron chi connectivity index (χ2n) is 23.7. The monoisotopic (exact) mass is 1210 g/mol. The van der Waals surface area contributed by atoms with E-state index in [0.717, 1.165) is 116 Å². The summed E-state index contributed by atoms with van der Waals surface area (Å²) in [6.45, 7) is 4.59. The molecule has 87 heavy (non-hydrogen) atoms. The molecule has 0 amide bonds. The lowest BCUT2D eigenvalue weighted by Gasteiger charge is -2.25. The van der Waals surface area contributed by atoms with Gasteiger partial charge in [-0.25, -0.2) is 4.79 Å². The molecule has 0 aromatic heterocycles. The number of carboxylic acid groups (broad SMARTS) is 1. The third kappa shape index (κ3) is 68.3. The molecule has 0 aliphatic rings. The first-order chi connectivity index (χ1) is 42.6. The number of esters is 2. The first-order valence-corrected chi connectivity index (χ1v) is 34.6. The Kier molecular flexibility index (Phi) is 62.9. The van der Waals surface area contributed by atoms with E-state index >= 15 is 0 Å². The van der Waals surface area contributed by atoms with Crippen molar-refractivity contribution in [2.24, 2.45) is 0 Å². The van der Waals surface area contributed by atoms with Crippen molar-refractivity contribution in [1.82, 2.24) is 0 Å². The van der Waals surface area contributed by atoms with Crippen molar-refractivity contribution in [3.8, 4) is 0 Å². The molecule has 0 saturated carbocycles. The van der Waals surface area contributed by atoms with E-state index in [-0.39, 0.29) is 38.6 Å². The molecule has 0 rings (SSSR count). The molecule has 0 aromatic rings. The van der Waals surface area contributed by atoms with Crippen molar-refractivity contribution in [3.63, 3.8) is 0 Å². The van der Waals surface area contributed by atoms with E-state index in [2.05, 4.69) is 172 Å². The first kappa shape index (κ1) is 81.9.